The number of hydrogen-bond acceptors (Lipinski definition) is 4. The van der Waals surface area contributed by atoms with Crippen molar-refractivity contribution in [1.82, 2.24) is 15.0 Å². The number of benzene rings is 2. The lowest BCUT2D eigenvalue weighted by molar-refractivity contribution is -0.131. The van der Waals surface area contributed by atoms with Crippen molar-refractivity contribution >= 4 is 63.4 Å². The van der Waals surface area contributed by atoms with Gasteiger partial charge in [0.2, 0.25) is 11.9 Å². The van der Waals surface area contributed by atoms with Crippen molar-refractivity contribution in [3.63, 3.8) is 0 Å². The number of rotatable bonds is 7. The van der Waals surface area contributed by atoms with Crippen LogP contribution in [0.25, 0.3) is 11.0 Å². The molecule has 0 spiro atoms. The number of aryl methyl sites for hydroxylation is 1. The highest BCUT2D eigenvalue weighted by Crippen LogP contribution is 2.41. The number of imidazole rings is 1. The maximum atomic E-state index is 12.3. The number of anilines is 2. The van der Waals surface area contributed by atoms with E-state index >= 15 is 0 Å². The van der Waals surface area contributed by atoms with Crippen molar-refractivity contribution < 1.29 is 9.63 Å². The van der Waals surface area contributed by atoms with Crippen LogP contribution in [0, 0.1) is 0 Å². The Labute approximate surface area is 202 Å². The van der Waals surface area contributed by atoms with Crippen LogP contribution in [0.5, 0.6) is 0 Å². The Balaban J connectivity index is 1.85. The van der Waals surface area contributed by atoms with Crippen LogP contribution in [0.15, 0.2) is 30.3 Å². The molecule has 0 aliphatic carbocycles. The van der Waals surface area contributed by atoms with Crippen LogP contribution >= 0.6 is 34.8 Å². The van der Waals surface area contributed by atoms with Crippen LogP contribution < -0.4 is 10.4 Å². The molecular formula is C23H25Cl3N4O2. The molecule has 9 heteroatoms. The van der Waals surface area contributed by atoms with E-state index in [0.717, 1.165) is 60.6 Å². The van der Waals surface area contributed by atoms with Gasteiger partial charge in [0.1, 0.15) is 5.52 Å². The van der Waals surface area contributed by atoms with Crippen LogP contribution in [-0.2, 0) is 16.2 Å². The first-order chi connectivity index (χ1) is 15.4. The van der Waals surface area contributed by atoms with Crippen molar-refractivity contribution in [3.8, 4) is 0 Å². The number of fused-ring (bicyclic) bond motifs is 3. The number of nitrogens with one attached hydrogen (secondary N) is 1. The molecule has 2 aromatic carbocycles. The molecule has 3 aromatic rings. The fraction of sp³-hybridized carbons (Fsp3) is 0.391. The number of hydroxylamine groups is 1. The highest BCUT2D eigenvalue weighted by molar-refractivity contribution is 6.36. The number of amides is 1. The summed E-state index contributed by atoms with van der Waals surface area (Å²) in [7, 11) is 1.44. The minimum Gasteiger partial charge on any atom is -0.310 e. The molecule has 1 atom stereocenters. The van der Waals surface area contributed by atoms with Crippen LogP contribution in [0.2, 0.25) is 15.1 Å². The van der Waals surface area contributed by atoms with Crippen molar-refractivity contribution in [2.24, 2.45) is 0 Å². The first-order valence-electron chi connectivity index (χ1n) is 10.7. The largest absolute Gasteiger partial charge is 0.310 e. The highest BCUT2D eigenvalue weighted by atomic mass is 35.5. The zero-order chi connectivity index (χ0) is 22.8. The molecule has 170 valence electrons. The molecule has 0 saturated carbocycles. The van der Waals surface area contributed by atoms with E-state index in [1.165, 1.54) is 7.11 Å². The summed E-state index contributed by atoms with van der Waals surface area (Å²) in [5.74, 6) is 0.661. The predicted molar refractivity (Wildman–Crippen MR) is 130 cm³/mol. The number of carbonyl (C=O) groups excluding carboxylic acids is 1. The summed E-state index contributed by atoms with van der Waals surface area (Å²) in [5.41, 5.74) is 6.08. The molecule has 1 aliphatic rings. The first-order valence-corrected chi connectivity index (χ1v) is 11.8. The monoisotopic (exact) mass is 494 g/mol. The topological polar surface area (TPSA) is 59.4 Å². The zero-order valence-electron chi connectivity index (χ0n) is 18.0. The maximum absolute atomic E-state index is 12.3. The van der Waals surface area contributed by atoms with E-state index in [2.05, 4.69) is 21.9 Å². The quantitative estimate of drug-likeness (QED) is 0.381. The third-order valence-corrected chi connectivity index (χ3v) is 6.63. The SMILES string of the molecule is CCCC(CC(=O)NOC)c1ccc(Cl)c2nc3n(c12)CCCN3c1ccc(Cl)cc1Cl. The number of carbonyl (C=O) groups is 1. The van der Waals surface area contributed by atoms with Crippen molar-refractivity contribution in [1.29, 1.82) is 0 Å². The average molecular weight is 496 g/mol. The first kappa shape index (κ1) is 23.2. The van der Waals surface area contributed by atoms with Crippen molar-refractivity contribution in [3.05, 3.63) is 51.0 Å². The molecule has 0 fully saturated rings. The van der Waals surface area contributed by atoms with Gasteiger partial charge >= 0.3 is 0 Å². The minimum absolute atomic E-state index is 0.0187. The lowest BCUT2D eigenvalue weighted by Gasteiger charge is -2.30. The average Bonchev–Trinajstić information content (AvgIpc) is 3.15. The van der Waals surface area contributed by atoms with Gasteiger partial charge in [-0.1, -0.05) is 54.2 Å². The van der Waals surface area contributed by atoms with Gasteiger partial charge in [-0.25, -0.2) is 10.5 Å². The molecule has 1 aromatic heterocycles. The van der Waals surface area contributed by atoms with Gasteiger partial charge in [-0.2, -0.15) is 0 Å². The number of halogens is 3. The van der Waals surface area contributed by atoms with Crippen LogP contribution in [0.3, 0.4) is 0 Å². The van der Waals surface area contributed by atoms with Gasteiger partial charge < -0.3 is 9.47 Å². The molecule has 4 rings (SSSR count). The van der Waals surface area contributed by atoms with Crippen molar-refractivity contribution in [2.75, 3.05) is 18.6 Å². The lowest BCUT2D eigenvalue weighted by atomic mass is 9.90. The van der Waals surface area contributed by atoms with Gasteiger partial charge in [0, 0.05) is 24.5 Å². The smallest absolute Gasteiger partial charge is 0.244 e. The van der Waals surface area contributed by atoms with Gasteiger partial charge in [-0.15, -0.1) is 0 Å². The minimum atomic E-state index is -0.151. The van der Waals surface area contributed by atoms with Crippen LogP contribution in [0.4, 0.5) is 11.6 Å². The second-order valence-electron chi connectivity index (χ2n) is 7.92. The van der Waals surface area contributed by atoms with E-state index in [-0.39, 0.29) is 11.8 Å². The van der Waals surface area contributed by atoms with Gasteiger partial charge in [0.25, 0.3) is 0 Å². The van der Waals surface area contributed by atoms with Crippen LogP contribution in [0.1, 0.15) is 44.1 Å². The molecular weight excluding hydrogens is 471 g/mol. The van der Waals surface area contributed by atoms with E-state index in [1.54, 1.807) is 6.07 Å². The molecule has 2 heterocycles. The summed E-state index contributed by atoms with van der Waals surface area (Å²) in [5, 5.41) is 1.75. The van der Waals surface area contributed by atoms with E-state index < -0.39 is 0 Å². The fourth-order valence-electron chi connectivity index (χ4n) is 4.48. The van der Waals surface area contributed by atoms with E-state index in [1.807, 2.05) is 24.3 Å². The third kappa shape index (κ3) is 4.42. The molecule has 0 radical (unpaired) electrons. The van der Waals surface area contributed by atoms with E-state index in [9.17, 15) is 4.79 Å². The van der Waals surface area contributed by atoms with Crippen molar-refractivity contribution in [2.45, 2.75) is 45.1 Å². The van der Waals surface area contributed by atoms with Gasteiger partial charge in [0.15, 0.2) is 0 Å². The van der Waals surface area contributed by atoms with Gasteiger partial charge in [-0.3, -0.25) is 9.63 Å². The second kappa shape index (κ2) is 9.87. The second-order valence-corrected chi connectivity index (χ2v) is 9.17. The summed E-state index contributed by atoms with van der Waals surface area (Å²) in [6.45, 7) is 3.71. The van der Waals surface area contributed by atoms with E-state index in [0.29, 0.717) is 21.5 Å². The lowest BCUT2D eigenvalue weighted by Crippen LogP contribution is -2.28. The predicted octanol–water partition coefficient (Wildman–Crippen LogP) is 6.49. The number of aromatic nitrogens is 2. The fourth-order valence-corrected chi connectivity index (χ4v) is 5.18. The highest BCUT2D eigenvalue weighted by Gasteiger charge is 2.28. The Hall–Kier alpha value is -1.99. The van der Waals surface area contributed by atoms with Gasteiger partial charge in [0.05, 0.1) is 28.4 Å². The summed E-state index contributed by atoms with van der Waals surface area (Å²) >= 11 is 19.2. The Bertz CT molecular complexity index is 1150. The number of hydrogen-bond donors (Lipinski definition) is 1. The standard InChI is InChI=1S/C23H25Cl3N4O2/c1-3-5-14(12-20(31)28-32-2)16-7-8-17(25)21-22(16)30-11-4-10-29(23(30)27-21)19-9-6-15(24)13-18(19)26/h6-9,13-14H,3-5,10-12H2,1-2H3,(H,28,31). The molecule has 1 amide bonds. The number of nitrogens with zero attached hydrogens (tertiary/aromatic N) is 3. The van der Waals surface area contributed by atoms with Gasteiger partial charge in [-0.05, 0) is 48.6 Å². The maximum Gasteiger partial charge on any atom is 0.244 e. The summed E-state index contributed by atoms with van der Waals surface area (Å²) in [6.07, 6.45) is 3.06. The Morgan fingerprint density at radius 1 is 1.19 bits per heavy atom. The molecule has 6 nitrogen and oxygen atoms in total. The molecule has 1 unspecified atom stereocenters. The van der Waals surface area contributed by atoms with Crippen LogP contribution in [-0.4, -0.2) is 29.1 Å². The zero-order valence-corrected chi connectivity index (χ0v) is 20.3. The molecule has 0 bridgehead atoms. The molecule has 32 heavy (non-hydrogen) atoms. The summed E-state index contributed by atoms with van der Waals surface area (Å²) in [6, 6.07) is 9.37. The summed E-state index contributed by atoms with van der Waals surface area (Å²) < 4.78 is 2.20. The Kier molecular flexibility index (Phi) is 7.15. The Morgan fingerprint density at radius 2 is 2.00 bits per heavy atom. The molecule has 1 aliphatic heterocycles. The van der Waals surface area contributed by atoms with E-state index in [4.69, 9.17) is 44.6 Å². The third-order valence-electron chi connectivity index (χ3n) is 5.79. The summed E-state index contributed by atoms with van der Waals surface area (Å²) in [4.78, 5) is 24.2. The Morgan fingerprint density at radius 3 is 2.72 bits per heavy atom. The molecule has 0 saturated heterocycles. The normalized spacial score (nSPS) is 14.5. The molecule has 1 N–H and O–H groups in total.